The lowest BCUT2D eigenvalue weighted by atomic mass is 9.94. The van der Waals surface area contributed by atoms with Crippen LogP contribution in [0.1, 0.15) is 36.5 Å². The van der Waals surface area contributed by atoms with Gasteiger partial charge in [0.2, 0.25) is 5.91 Å². The molecule has 5 nitrogen and oxygen atoms in total. The molecular weight excluding hydrogens is 376 g/mol. The maximum atomic E-state index is 13.8. The van der Waals surface area contributed by atoms with E-state index >= 15 is 0 Å². The summed E-state index contributed by atoms with van der Waals surface area (Å²) in [5.41, 5.74) is 5.60. The Bertz CT molecular complexity index is 696. The molecular formula is C19H26ClF2N3O2. The molecule has 3 rings (SSSR count). The van der Waals surface area contributed by atoms with E-state index in [1.165, 1.54) is 11.0 Å². The number of nitrogens with two attached hydrogens (primary N) is 1. The number of hydrogen-bond acceptors (Lipinski definition) is 3. The molecule has 1 aromatic carbocycles. The van der Waals surface area contributed by atoms with E-state index < -0.39 is 17.5 Å². The Morgan fingerprint density at radius 3 is 2.44 bits per heavy atom. The number of benzene rings is 1. The number of rotatable bonds is 3. The second kappa shape index (κ2) is 8.97. The lowest BCUT2D eigenvalue weighted by Crippen LogP contribution is -2.45. The average Bonchev–Trinajstić information content (AvgIpc) is 3.01. The van der Waals surface area contributed by atoms with Crippen molar-refractivity contribution in [3.8, 4) is 0 Å². The van der Waals surface area contributed by atoms with Crippen LogP contribution in [0.5, 0.6) is 0 Å². The van der Waals surface area contributed by atoms with Crippen LogP contribution >= 0.6 is 12.4 Å². The van der Waals surface area contributed by atoms with Crippen molar-refractivity contribution in [1.82, 2.24) is 9.80 Å². The van der Waals surface area contributed by atoms with Crippen LogP contribution in [-0.4, -0.2) is 53.8 Å². The van der Waals surface area contributed by atoms with Crippen LogP contribution in [0.4, 0.5) is 8.78 Å². The highest BCUT2D eigenvalue weighted by Gasteiger charge is 2.37. The molecule has 0 aromatic heterocycles. The lowest BCUT2D eigenvalue weighted by Gasteiger charge is -2.34. The van der Waals surface area contributed by atoms with E-state index in [0.29, 0.717) is 51.0 Å². The minimum absolute atomic E-state index is 0. The highest BCUT2D eigenvalue weighted by atomic mass is 35.5. The molecule has 2 fully saturated rings. The van der Waals surface area contributed by atoms with Gasteiger partial charge in [0.1, 0.15) is 11.6 Å². The van der Waals surface area contributed by atoms with Crippen LogP contribution < -0.4 is 5.73 Å². The first-order valence-corrected chi connectivity index (χ1v) is 9.15. The molecule has 0 saturated carbocycles. The molecule has 2 aliphatic rings. The van der Waals surface area contributed by atoms with Gasteiger partial charge in [0.05, 0.1) is 5.56 Å². The van der Waals surface area contributed by atoms with E-state index in [0.717, 1.165) is 12.5 Å². The number of likely N-dealkylation sites (tertiary alicyclic amines) is 2. The third-order valence-electron chi connectivity index (χ3n) is 5.57. The molecule has 27 heavy (non-hydrogen) atoms. The zero-order chi connectivity index (χ0) is 18.8. The molecule has 0 aliphatic carbocycles. The molecule has 0 spiro atoms. The fourth-order valence-electron chi connectivity index (χ4n) is 4.02. The van der Waals surface area contributed by atoms with E-state index in [2.05, 4.69) is 0 Å². The third kappa shape index (κ3) is 4.58. The number of amides is 2. The number of carbonyl (C=O) groups excluding carboxylic acids is 2. The molecule has 1 aromatic rings. The highest BCUT2D eigenvalue weighted by Crippen LogP contribution is 2.28. The first-order chi connectivity index (χ1) is 12.4. The van der Waals surface area contributed by atoms with Crippen LogP contribution in [0.15, 0.2) is 18.2 Å². The molecule has 8 heteroatoms. The molecule has 150 valence electrons. The van der Waals surface area contributed by atoms with Gasteiger partial charge in [0.25, 0.3) is 5.91 Å². The van der Waals surface area contributed by atoms with E-state index in [9.17, 15) is 18.4 Å². The molecule has 2 unspecified atom stereocenters. The van der Waals surface area contributed by atoms with Crippen molar-refractivity contribution < 1.29 is 18.4 Å². The van der Waals surface area contributed by atoms with Crippen LogP contribution in [0.3, 0.4) is 0 Å². The van der Waals surface area contributed by atoms with E-state index in [1.807, 2.05) is 11.8 Å². The number of halogens is 3. The van der Waals surface area contributed by atoms with Crippen molar-refractivity contribution in [3.05, 3.63) is 35.4 Å². The van der Waals surface area contributed by atoms with Crippen LogP contribution in [0.25, 0.3) is 0 Å². The van der Waals surface area contributed by atoms with Gasteiger partial charge in [0.15, 0.2) is 0 Å². The summed E-state index contributed by atoms with van der Waals surface area (Å²) >= 11 is 0. The Morgan fingerprint density at radius 2 is 1.89 bits per heavy atom. The van der Waals surface area contributed by atoms with Crippen molar-refractivity contribution in [2.24, 2.45) is 17.6 Å². The van der Waals surface area contributed by atoms with Crippen LogP contribution in [-0.2, 0) is 4.79 Å². The predicted octanol–water partition coefficient (Wildman–Crippen LogP) is 2.43. The normalized spacial score (nSPS) is 23.3. The van der Waals surface area contributed by atoms with Gasteiger partial charge in [-0.05, 0) is 50.8 Å². The summed E-state index contributed by atoms with van der Waals surface area (Å²) in [6.07, 6.45) is 2.05. The van der Waals surface area contributed by atoms with Crippen LogP contribution in [0, 0.1) is 23.5 Å². The summed E-state index contributed by atoms with van der Waals surface area (Å²) in [4.78, 5) is 28.7. The van der Waals surface area contributed by atoms with E-state index in [-0.39, 0.29) is 35.8 Å². The number of piperidine rings is 1. The number of nitrogens with zero attached hydrogens (tertiary/aromatic N) is 2. The monoisotopic (exact) mass is 401 g/mol. The maximum absolute atomic E-state index is 13.8. The second-order valence-electron chi connectivity index (χ2n) is 7.37. The molecule has 2 amide bonds. The summed E-state index contributed by atoms with van der Waals surface area (Å²) in [6, 6.07) is 3.16. The summed E-state index contributed by atoms with van der Waals surface area (Å²) < 4.78 is 26.8. The van der Waals surface area contributed by atoms with Gasteiger partial charge < -0.3 is 15.5 Å². The van der Waals surface area contributed by atoms with Gasteiger partial charge in [-0.25, -0.2) is 8.78 Å². The quantitative estimate of drug-likeness (QED) is 0.845. The Hall–Kier alpha value is -1.73. The predicted molar refractivity (Wildman–Crippen MR) is 101 cm³/mol. The molecule has 2 aliphatic heterocycles. The van der Waals surface area contributed by atoms with Gasteiger partial charge in [-0.2, -0.15) is 0 Å². The Balaban J connectivity index is 0.00000261. The van der Waals surface area contributed by atoms with Crippen molar-refractivity contribution in [2.75, 3.05) is 26.2 Å². The average molecular weight is 402 g/mol. The summed E-state index contributed by atoms with van der Waals surface area (Å²) in [5.74, 6) is -1.64. The second-order valence-corrected chi connectivity index (χ2v) is 7.37. The standard InChI is InChI=1S/C19H25F2N3O2.ClH/c1-12-8-13(10-22)11-24(12)18(25)14-4-6-23(7-5-14)19(26)16-3-2-15(20)9-17(16)21;/h2-3,9,12-14H,4-8,10-11,22H2,1H3;1H. The molecule has 2 N–H and O–H groups in total. The molecule has 2 saturated heterocycles. The van der Waals surface area contributed by atoms with Crippen molar-refractivity contribution >= 4 is 24.2 Å². The SMILES string of the molecule is CC1CC(CN)CN1C(=O)C1CCN(C(=O)c2ccc(F)cc2F)CC1.Cl. The van der Waals surface area contributed by atoms with E-state index in [1.54, 1.807) is 0 Å². The van der Waals surface area contributed by atoms with Crippen molar-refractivity contribution in [1.29, 1.82) is 0 Å². The summed E-state index contributed by atoms with van der Waals surface area (Å²) in [6.45, 7) is 4.13. The lowest BCUT2D eigenvalue weighted by molar-refractivity contribution is -0.137. The van der Waals surface area contributed by atoms with Gasteiger partial charge in [-0.15, -0.1) is 12.4 Å². The van der Waals surface area contributed by atoms with E-state index in [4.69, 9.17) is 5.73 Å². The number of carbonyl (C=O) groups is 2. The summed E-state index contributed by atoms with van der Waals surface area (Å²) in [7, 11) is 0. The first kappa shape index (κ1) is 21.6. The number of hydrogen-bond donors (Lipinski definition) is 1. The fraction of sp³-hybridized carbons (Fsp3) is 0.579. The smallest absolute Gasteiger partial charge is 0.256 e. The zero-order valence-corrected chi connectivity index (χ0v) is 16.2. The van der Waals surface area contributed by atoms with Crippen LogP contribution in [0.2, 0.25) is 0 Å². The first-order valence-electron chi connectivity index (χ1n) is 9.15. The van der Waals surface area contributed by atoms with Gasteiger partial charge in [0, 0.05) is 37.7 Å². The summed E-state index contributed by atoms with van der Waals surface area (Å²) in [5, 5.41) is 0. The minimum Gasteiger partial charge on any atom is -0.339 e. The van der Waals surface area contributed by atoms with Crippen molar-refractivity contribution in [3.63, 3.8) is 0 Å². The third-order valence-corrected chi connectivity index (χ3v) is 5.57. The van der Waals surface area contributed by atoms with Gasteiger partial charge >= 0.3 is 0 Å². The Labute approximate surface area is 164 Å². The largest absolute Gasteiger partial charge is 0.339 e. The van der Waals surface area contributed by atoms with Gasteiger partial charge in [-0.3, -0.25) is 9.59 Å². The minimum atomic E-state index is -0.855. The molecule has 0 bridgehead atoms. The highest BCUT2D eigenvalue weighted by molar-refractivity contribution is 5.94. The topological polar surface area (TPSA) is 66.6 Å². The maximum Gasteiger partial charge on any atom is 0.256 e. The fourth-order valence-corrected chi connectivity index (χ4v) is 4.02. The molecule has 0 radical (unpaired) electrons. The molecule has 2 heterocycles. The van der Waals surface area contributed by atoms with Gasteiger partial charge in [-0.1, -0.05) is 0 Å². The molecule has 2 atom stereocenters. The van der Waals surface area contributed by atoms with Crippen molar-refractivity contribution in [2.45, 2.75) is 32.2 Å². The Kier molecular flexibility index (Phi) is 7.17. The zero-order valence-electron chi connectivity index (χ0n) is 15.4. The Morgan fingerprint density at radius 1 is 1.22 bits per heavy atom.